The first kappa shape index (κ1) is 29.9. The van der Waals surface area contributed by atoms with Crippen LogP contribution in [0.2, 0.25) is 0 Å². The Bertz CT molecular complexity index is 718. The average molecular weight is 456 g/mol. The Kier molecular flexibility index (Phi) is 17.9. The van der Waals surface area contributed by atoms with Crippen LogP contribution in [0.4, 0.5) is 5.69 Å². The van der Waals surface area contributed by atoms with E-state index in [0.29, 0.717) is 22.0 Å². The number of rotatable bonds is 10. The second kappa shape index (κ2) is 18.5. The number of nitrogens with one attached hydrogen (secondary N) is 1. The van der Waals surface area contributed by atoms with Gasteiger partial charge >= 0.3 is 29.6 Å². The maximum absolute atomic E-state index is 11.4. The number of benzene rings is 1. The molecule has 1 heterocycles. The Morgan fingerprint density at radius 2 is 2.00 bits per heavy atom. The second-order valence-electron chi connectivity index (χ2n) is 6.47. The number of hydrogen-bond acceptors (Lipinski definition) is 6. The Hall–Kier alpha value is -1.06. The van der Waals surface area contributed by atoms with Crippen molar-refractivity contribution in [2.75, 3.05) is 38.6 Å². The molecule has 1 aromatic carbocycles. The van der Waals surface area contributed by atoms with E-state index in [1.54, 1.807) is 19.2 Å². The number of piperidine rings is 1. The van der Waals surface area contributed by atoms with E-state index in [1.165, 1.54) is 6.42 Å². The van der Waals surface area contributed by atoms with Crippen molar-refractivity contribution in [3.8, 4) is 5.75 Å². The van der Waals surface area contributed by atoms with Crippen LogP contribution in [0.5, 0.6) is 5.75 Å². The first-order valence-electron chi connectivity index (χ1n) is 10.2. The molecule has 0 aromatic heterocycles. The van der Waals surface area contributed by atoms with Gasteiger partial charge in [0.15, 0.2) is 5.75 Å². The molecule has 1 aromatic rings. The van der Waals surface area contributed by atoms with E-state index in [0.717, 1.165) is 56.5 Å². The standard InChI is InChI=1S/C20H25N2O3S.C3H9N.Na/c1-4-6-10-17(5-2)24-20-18(22-11-8-7-9-12-22)13-16(15-23)14-19(20)26-25-21-3;1-3-4-2;/h4-6,10,13-15H,1,7-9,11-12H2,2-3H3;4H,3H2,1-2H3;/q-1;;+1/b10-6-,17-5+;;. The third kappa shape index (κ3) is 10.9. The summed E-state index contributed by atoms with van der Waals surface area (Å²) in [6.45, 7) is 10.6. The van der Waals surface area contributed by atoms with Crippen LogP contribution >= 0.6 is 12.0 Å². The summed E-state index contributed by atoms with van der Waals surface area (Å²) in [5, 5.41) is 2.93. The molecule has 166 valence electrons. The van der Waals surface area contributed by atoms with Crippen LogP contribution in [0.3, 0.4) is 0 Å². The van der Waals surface area contributed by atoms with Gasteiger partial charge in [-0.15, -0.1) is 7.05 Å². The van der Waals surface area contributed by atoms with Crippen LogP contribution in [0.1, 0.15) is 43.5 Å². The largest absolute Gasteiger partial charge is 1.00 e. The van der Waals surface area contributed by atoms with Crippen molar-refractivity contribution in [3.05, 3.63) is 59.8 Å². The summed E-state index contributed by atoms with van der Waals surface area (Å²) in [5.74, 6) is 1.37. The van der Waals surface area contributed by atoms with Gasteiger partial charge in [0.2, 0.25) is 0 Å². The number of anilines is 1. The van der Waals surface area contributed by atoms with E-state index < -0.39 is 0 Å². The van der Waals surface area contributed by atoms with E-state index in [2.05, 4.69) is 29.2 Å². The van der Waals surface area contributed by atoms with Gasteiger partial charge in [-0.1, -0.05) is 25.7 Å². The van der Waals surface area contributed by atoms with Gasteiger partial charge in [-0.05, 0) is 64.1 Å². The normalized spacial score (nSPS) is 13.8. The number of aldehydes is 1. The first-order valence-corrected chi connectivity index (χ1v) is 11.0. The molecular weight excluding hydrogens is 421 g/mol. The maximum Gasteiger partial charge on any atom is 1.00 e. The number of nitrogens with zero attached hydrogens (tertiary/aromatic N) is 2. The molecule has 1 N–H and O–H groups in total. The zero-order chi connectivity index (χ0) is 22.2. The minimum atomic E-state index is 0. The van der Waals surface area contributed by atoms with Gasteiger partial charge in [0.25, 0.3) is 0 Å². The van der Waals surface area contributed by atoms with Crippen LogP contribution in [0.25, 0.3) is 5.48 Å². The molecule has 1 aliphatic rings. The molecule has 1 aliphatic heterocycles. The van der Waals surface area contributed by atoms with Crippen LogP contribution in [0.15, 0.2) is 53.7 Å². The Morgan fingerprint density at radius 3 is 2.52 bits per heavy atom. The molecule has 0 aliphatic carbocycles. The molecule has 1 saturated heterocycles. The fourth-order valence-corrected chi connectivity index (χ4v) is 3.32. The molecule has 0 spiro atoms. The number of carbonyl (C=O) groups is 1. The summed E-state index contributed by atoms with van der Waals surface area (Å²) < 4.78 is 11.4. The van der Waals surface area contributed by atoms with Gasteiger partial charge in [0.1, 0.15) is 12.0 Å². The number of carbonyl (C=O) groups excluding carboxylic acids is 1. The predicted molar refractivity (Wildman–Crippen MR) is 127 cm³/mol. The van der Waals surface area contributed by atoms with Gasteiger partial charge in [-0.25, -0.2) is 0 Å². The van der Waals surface area contributed by atoms with E-state index in [1.807, 2.05) is 38.3 Å². The van der Waals surface area contributed by atoms with Gasteiger partial charge in [0, 0.05) is 30.7 Å². The minimum absolute atomic E-state index is 0. The number of ether oxygens (including phenoxy) is 1. The van der Waals surface area contributed by atoms with Crippen LogP contribution in [0, 0.1) is 0 Å². The van der Waals surface area contributed by atoms with Crippen molar-refractivity contribution in [1.82, 2.24) is 5.32 Å². The fraction of sp³-hybridized carbons (Fsp3) is 0.435. The van der Waals surface area contributed by atoms with Crippen molar-refractivity contribution in [2.24, 2.45) is 0 Å². The summed E-state index contributed by atoms with van der Waals surface area (Å²) >= 11 is 1.08. The van der Waals surface area contributed by atoms with E-state index in [-0.39, 0.29) is 29.6 Å². The summed E-state index contributed by atoms with van der Waals surface area (Å²) in [4.78, 5) is 14.4. The molecule has 31 heavy (non-hydrogen) atoms. The Morgan fingerprint density at radius 1 is 1.32 bits per heavy atom. The van der Waals surface area contributed by atoms with Gasteiger partial charge in [-0.2, -0.15) is 0 Å². The third-order valence-corrected chi connectivity index (χ3v) is 5.05. The van der Waals surface area contributed by atoms with E-state index in [9.17, 15) is 4.79 Å². The van der Waals surface area contributed by atoms with Crippen LogP contribution < -0.4 is 44.5 Å². The molecular formula is C23H34N3NaO3S. The van der Waals surface area contributed by atoms with Gasteiger partial charge < -0.3 is 24.7 Å². The summed E-state index contributed by atoms with van der Waals surface area (Å²) in [7, 11) is 3.49. The molecule has 8 heteroatoms. The van der Waals surface area contributed by atoms with Gasteiger partial charge in [-0.3, -0.25) is 4.79 Å². The molecule has 0 radical (unpaired) electrons. The molecule has 6 nitrogen and oxygen atoms in total. The second-order valence-corrected chi connectivity index (χ2v) is 7.22. The van der Waals surface area contributed by atoms with Crippen molar-refractivity contribution in [1.29, 1.82) is 0 Å². The third-order valence-electron chi connectivity index (χ3n) is 4.35. The van der Waals surface area contributed by atoms with Gasteiger partial charge in [0.05, 0.1) is 10.6 Å². The van der Waals surface area contributed by atoms with Crippen molar-refractivity contribution >= 4 is 24.0 Å². The molecule has 0 bridgehead atoms. The molecule has 0 atom stereocenters. The zero-order valence-corrected chi connectivity index (χ0v) is 22.3. The van der Waals surface area contributed by atoms with Crippen LogP contribution in [-0.2, 0) is 4.28 Å². The smallest absolute Gasteiger partial charge is 0.523 e. The quantitative estimate of drug-likeness (QED) is 0.146. The molecule has 2 rings (SSSR count). The van der Waals surface area contributed by atoms with E-state index in [4.69, 9.17) is 9.02 Å². The van der Waals surface area contributed by atoms with Crippen molar-refractivity contribution < 1.29 is 43.4 Å². The summed E-state index contributed by atoms with van der Waals surface area (Å²) in [6, 6.07) is 3.64. The number of hydroxylamine groups is 1. The minimum Gasteiger partial charge on any atom is -0.523 e. The van der Waals surface area contributed by atoms with Crippen molar-refractivity contribution in [3.63, 3.8) is 0 Å². The fourth-order valence-electron chi connectivity index (χ4n) is 2.76. The average Bonchev–Trinajstić information content (AvgIpc) is 2.81. The Labute approximate surface area is 214 Å². The van der Waals surface area contributed by atoms with Crippen molar-refractivity contribution in [2.45, 2.75) is 38.0 Å². The zero-order valence-electron chi connectivity index (χ0n) is 19.5. The molecule has 0 amide bonds. The summed E-state index contributed by atoms with van der Waals surface area (Å²) in [6.07, 6.45) is 11.6. The molecule has 0 saturated carbocycles. The van der Waals surface area contributed by atoms with E-state index >= 15 is 0 Å². The molecule has 1 fully saturated rings. The number of hydrogen-bond donors (Lipinski definition) is 1. The topological polar surface area (TPSA) is 64.9 Å². The monoisotopic (exact) mass is 455 g/mol. The van der Waals surface area contributed by atoms with Crippen LogP contribution in [-0.4, -0.2) is 40.0 Å². The summed E-state index contributed by atoms with van der Waals surface area (Å²) in [5.41, 5.74) is 5.17. The maximum atomic E-state index is 11.4. The number of allylic oxidation sites excluding steroid dienone is 4. The SMILES string of the molecule is C=C/C=C\C(=C/C)Oc1c(SO[N-]C)cc(C=O)cc1N1CCCCC1.CCNC.[Na+]. The predicted octanol–water partition coefficient (Wildman–Crippen LogP) is 2.69. The molecule has 0 unspecified atom stereocenters. The first-order chi connectivity index (χ1) is 14.6. The Balaban J connectivity index is 0.00000165.